The molecule has 0 saturated carbocycles. The van der Waals surface area contributed by atoms with Crippen molar-refractivity contribution >= 4 is 11.6 Å². The molecule has 1 aliphatic heterocycles. The van der Waals surface area contributed by atoms with Crippen LogP contribution in [0.3, 0.4) is 0 Å². The quantitative estimate of drug-likeness (QED) is 0.923. The number of piperidine rings is 1. The predicted molar refractivity (Wildman–Crippen MR) is 88.8 cm³/mol. The van der Waals surface area contributed by atoms with E-state index in [0.717, 1.165) is 23.8 Å². The molecule has 118 valence electrons. The second-order valence-electron chi connectivity index (χ2n) is 6.35. The predicted octanol–water partition coefficient (Wildman–Crippen LogP) is 2.41. The zero-order valence-corrected chi connectivity index (χ0v) is 14.1. The summed E-state index contributed by atoms with van der Waals surface area (Å²) < 4.78 is 0. The summed E-state index contributed by atoms with van der Waals surface area (Å²) in [6.45, 7) is 11.9. The van der Waals surface area contributed by atoms with E-state index < -0.39 is 0 Å². The van der Waals surface area contributed by atoms with Crippen molar-refractivity contribution in [2.24, 2.45) is 0 Å². The fourth-order valence-corrected chi connectivity index (χ4v) is 2.94. The first kappa shape index (κ1) is 16.0. The van der Waals surface area contributed by atoms with Crippen LogP contribution in [0.15, 0.2) is 0 Å². The van der Waals surface area contributed by atoms with E-state index in [2.05, 4.69) is 42.6 Å². The Bertz CT molecular complexity index is 478. The van der Waals surface area contributed by atoms with Gasteiger partial charge in [0.15, 0.2) is 0 Å². The zero-order valence-electron chi connectivity index (χ0n) is 14.1. The van der Waals surface area contributed by atoms with Gasteiger partial charge in [0.1, 0.15) is 17.5 Å². The average molecular weight is 291 g/mol. The summed E-state index contributed by atoms with van der Waals surface area (Å²) in [6, 6.07) is 0.542. The third-order valence-electron chi connectivity index (χ3n) is 4.58. The van der Waals surface area contributed by atoms with Gasteiger partial charge in [-0.2, -0.15) is 0 Å². The summed E-state index contributed by atoms with van der Waals surface area (Å²) in [5, 5.41) is 0. The fourth-order valence-electron chi connectivity index (χ4n) is 2.94. The molecule has 5 nitrogen and oxygen atoms in total. The smallest absolute Gasteiger partial charge is 0.137 e. The lowest BCUT2D eigenvalue weighted by atomic mass is 10.0. The van der Waals surface area contributed by atoms with Crippen LogP contribution in [0.25, 0.3) is 0 Å². The van der Waals surface area contributed by atoms with Crippen molar-refractivity contribution in [2.45, 2.75) is 52.5 Å². The standard InChI is InChI=1S/C16H29N5/c1-6-21-9-7-13(8-10-21)20(5)16-12(4)14(17)18-15(19-16)11(2)3/h11,13H,6-10H2,1-5H3,(H2,17,18,19). The molecule has 2 heterocycles. The van der Waals surface area contributed by atoms with Gasteiger partial charge in [0, 0.05) is 37.7 Å². The first-order chi connectivity index (χ1) is 9.93. The molecule has 1 saturated heterocycles. The molecule has 5 heteroatoms. The molecule has 21 heavy (non-hydrogen) atoms. The topological polar surface area (TPSA) is 58.3 Å². The van der Waals surface area contributed by atoms with E-state index in [1.807, 2.05) is 6.92 Å². The van der Waals surface area contributed by atoms with Crippen molar-refractivity contribution < 1.29 is 0 Å². The van der Waals surface area contributed by atoms with Gasteiger partial charge >= 0.3 is 0 Å². The van der Waals surface area contributed by atoms with Gasteiger partial charge in [-0.1, -0.05) is 20.8 Å². The number of nitrogen functional groups attached to an aromatic ring is 1. The maximum absolute atomic E-state index is 6.08. The summed E-state index contributed by atoms with van der Waals surface area (Å²) in [5.41, 5.74) is 7.08. The van der Waals surface area contributed by atoms with E-state index in [0.29, 0.717) is 17.8 Å². The van der Waals surface area contributed by atoms with Crippen LogP contribution in [0.2, 0.25) is 0 Å². The molecule has 1 aromatic rings. The molecule has 0 unspecified atom stereocenters. The van der Waals surface area contributed by atoms with Crippen molar-refractivity contribution in [3.63, 3.8) is 0 Å². The summed E-state index contributed by atoms with van der Waals surface area (Å²) in [5.74, 6) is 2.75. The highest BCUT2D eigenvalue weighted by molar-refractivity contribution is 5.56. The zero-order chi connectivity index (χ0) is 15.6. The van der Waals surface area contributed by atoms with Crippen molar-refractivity contribution in [3.05, 3.63) is 11.4 Å². The Morgan fingerprint density at radius 2 is 1.90 bits per heavy atom. The normalized spacial score (nSPS) is 17.4. The molecule has 1 aromatic heterocycles. The van der Waals surface area contributed by atoms with Crippen molar-refractivity contribution in [2.75, 3.05) is 37.3 Å². The second-order valence-corrected chi connectivity index (χ2v) is 6.35. The van der Waals surface area contributed by atoms with Crippen LogP contribution in [0.5, 0.6) is 0 Å². The van der Waals surface area contributed by atoms with Gasteiger partial charge in [0.25, 0.3) is 0 Å². The summed E-state index contributed by atoms with van der Waals surface area (Å²) in [7, 11) is 2.14. The van der Waals surface area contributed by atoms with Gasteiger partial charge in [0.2, 0.25) is 0 Å². The molecule has 0 bridgehead atoms. The molecule has 0 radical (unpaired) electrons. The van der Waals surface area contributed by atoms with Crippen molar-refractivity contribution in [1.29, 1.82) is 0 Å². The number of anilines is 2. The number of hydrogen-bond acceptors (Lipinski definition) is 5. The maximum Gasteiger partial charge on any atom is 0.137 e. The number of hydrogen-bond donors (Lipinski definition) is 1. The third kappa shape index (κ3) is 3.46. The number of rotatable bonds is 4. The molecule has 1 fully saturated rings. The third-order valence-corrected chi connectivity index (χ3v) is 4.58. The largest absolute Gasteiger partial charge is 0.383 e. The second kappa shape index (κ2) is 6.60. The maximum atomic E-state index is 6.08. The van der Waals surface area contributed by atoms with Gasteiger partial charge in [-0.05, 0) is 26.3 Å². The molecule has 2 rings (SSSR count). The van der Waals surface area contributed by atoms with E-state index in [1.54, 1.807) is 0 Å². The lowest BCUT2D eigenvalue weighted by molar-refractivity contribution is 0.220. The highest BCUT2D eigenvalue weighted by Gasteiger charge is 2.24. The highest BCUT2D eigenvalue weighted by atomic mass is 15.2. The van der Waals surface area contributed by atoms with E-state index in [1.165, 1.54) is 25.9 Å². The lowest BCUT2D eigenvalue weighted by Crippen LogP contribution is -2.44. The van der Waals surface area contributed by atoms with Crippen LogP contribution >= 0.6 is 0 Å². The fraction of sp³-hybridized carbons (Fsp3) is 0.750. The van der Waals surface area contributed by atoms with E-state index >= 15 is 0 Å². The van der Waals surface area contributed by atoms with Gasteiger partial charge < -0.3 is 15.5 Å². The molecular weight excluding hydrogens is 262 g/mol. The van der Waals surface area contributed by atoms with E-state index in [-0.39, 0.29) is 0 Å². The Morgan fingerprint density at radius 3 is 2.43 bits per heavy atom. The van der Waals surface area contributed by atoms with Crippen LogP contribution in [0.4, 0.5) is 11.6 Å². The molecular formula is C16H29N5. The first-order valence-electron chi connectivity index (χ1n) is 8.03. The average Bonchev–Trinajstić information content (AvgIpc) is 2.49. The summed E-state index contributed by atoms with van der Waals surface area (Å²) in [6.07, 6.45) is 2.37. The number of nitrogens with two attached hydrogens (primary N) is 1. The highest BCUT2D eigenvalue weighted by Crippen LogP contribution is 2.27. The lowest BCUT2D eigenvalue weighted by Gasteiger charge is -2.37. The molecule has 2 N–H and O–H groups in total. The number of aromatic nitrogens is 2. The Labute approximate surface area is 128 Å². The van der Waals surface area contributed by atoms with Gasteiger partial charge in [-0.15, -0.1) is 0 Å². The van der Waals surface area contributed by atoms with Crippen LogP contribution in [0.1, 0.15) is 50.9 Å². The van der Waals surface area contributed by atoms with Gasteiger partial charge in [-0.25, -0.2) is 9.97 Å². The Balaban J connectivity index is 2.20. The van der Waals surface area contributed by atoms with Crippen LogP contribution in [0, 0.1) is 6.92 Å². The minimum atomic E-state index is 0.294. The van der Waals surface area contributed by atoms with Gasteiger partial charge in [-0.3, -0.25) is 0 Å². The molecule has 0 amide bonds. The van der Waals surface area contributed by atoms with Gasteiger partial charge in [0.05, 0.1) is 0 Å². The van der Waals surface area contributed by atoms with Crippen molar-refractivity contribution in [3.8, 4) is 0 Å². The van der Waals surface area contributed by atoms with Crippen LogP contribution < -0.4 is 10.6 Å². The first-order valence-corrected chi connectivity index (χ1v) is 8.03. The SMILES string of the molecule is CCN1CCC(N(C)c2nc(C(C)C)nc(N)c2C)CC1. The molecule has 0 atom stereocenters. The Hall–Kier alpha value is -1.36. The molecule has 0 spiro atoms. The molecule has 0 aliphatic carbocycles. The van der Waals surface area contributed by atoms with E-state index in [9.17, 15) is 0 Å². The van der Waals surface area contributed by atoms with Crippen LogP contribution in [-0.4, -0.2) is 47.6 Å². The number of likely N-dealkylation sites (tertiary alicyclic amines) is 1. The minimum absolute atomic E-state index is 0.294. The molecule has 0 aromatic carbocycles. The summed E-state index contributed by atoms with van der Waals surface area (Å²) in [4.78, 5) is 14.0. The van der Waals surface area contributed by atoms with Crippen LogP contribution in [-0.2, 0) is 0 Å². The Morgan fingerprint density at radius 1 is 1.29 bits per heavy atom. The number of nitrogens with zero attached hydrogens (tertiary/aromatic N) is 4. The molecule has 1 aliphatic rings. The van der Waals surface area contributed by atoms with E-state index in [4.69, 9.17) is 10.7 Å². The monoisotopic (exact) mass is 291 g/mol. The Kier molecular flexibility index (Phi) is 5.04. The minimum Gasteiger partial charge on any atom is -0.383 e. The summed E-state index contributed by atoms with van der Waals surface area (Å²) >= 11 is 0. The van der Waals surface area contributed by atoms with Crippen molar-refractivity contribution in [1.82, 2.24) is 14.9 Å².